The summed E-state index contributed by atoms with van der Waals surface area (Å²) in [6.45, 7) is -1.72. The molecule has 1 aliphatic rings. The van der Waals surface area contributed by atoms with Gasteiger partial charge < -0.3 is 15.4 Å². The monoisotopic (exact) mass is 347 g/mol. The van der Waals surface area contributed by atoms with Crippen molar-refractivity contribution in [2.45, 2.75) is 6.61 Å². The summed E-state index contributed by atoms with van der Waals surface area (Å²) >= 11 is 0. The third-order valence-corrected chi connectivity index (χ3v) is 3.64. The summed E-state index contributed by atoms with van der Waals surface area (Å²) < 4.78 is 28.4. The Morgan fingerprint density at radius 1 is 1.12 bits per heavy atom. The second kappa shape index (κ2) is 7.16. The summed E-state index contributed by atoms with van der Waals surface area (Å²) in [6.07, 6.45) is 0. The lowest BCUT2D eigenvalue weighted by Gasteiger charge is -2.14. The Labute approximate surface area is 142 Å². The average molecular weight is 347 g/mol. The van der Waals surface area contributed by atoms with Gasteiger partial charge in [-0.15, -0.1) is 0 Å². The van der Waals surface area contributed by atoms with Crippen LogP contribution in [0.5, 0.6) is 5.75 Å². The molecule has 2 aromatic rings. The maximum atomic E-state index is 12.2. The number of hydrogen-bond acceptors (Lipinski definition) is 3. The van der Waals surface area contributed by atoms with Crippen LogP contribution in [0.4, 0.5) is 25.0 Å². The van der Waals surface area contributed by atoms with Gasteiger partial charge >= 0.3 is 12.6 Å². The fourth-order valence-corrected chi connectivity index (χ4v) is 2.43. The first-order valence-electron chi connectivity index (χ1n) is 7.54. The molecule has 130 valence electrons. The molecule has 2 N–H and O–H groups in total. The van der Waals surface area contributed by atoms with E-state index >= 15 is 0 Å². The average Bonchev–Trinajstić information content (AvgIpc) is 3.02. The largest absolute Gasteiger partial charge is 0.435 e. The van der Waals surface area contributed by atoms with Crippen LogP contribution in [-0.2, 0) is 0 Å². The van der Waals surface area contributed by atoms with Crippen molar-refractivity contribution in [3.63, 3.8) is 0 Å². The molecule has 1 fully saturated rings. The van der Waals surface area contributed by atoms with Crippen LogP contribution < -0.4 is 20.3 Å². The van der Waals surface area contributed by atoms with E-state index in [0.717, 1.165) is 0 Å². The van der Waals surface area contributed by atoms with Crippen molar-refractivity contribution in [2.75, 3.05) is 23.3 Å². The molecule has 1 aliphatic heterocycles. The second-order valence-corrected chi connectivity index (χ2v) is 5.29. The van der Waals surface area contributed by atoms with E-state index in [1.54, 1.807) is 29.2 Å². The van der Waals surface area contributed by atoms with E-state index in [1.165, 1.54) is 24.3 Å². The first-order chi connectivity index (χ1) is 12.0. The summed E-state index contributed by atoms with van der Waals surface area (Å²) in [5, 5.41) is 5.37. The highest BCUT2D eigenvalue weighted by molar-refractivity contribution is 6.04. The van der Waals surface area contributed by atoms with Crippen LogP contribution in [0.25, 0.3) is 0 Å². The molecule has 0 unspecified atom stereocenters. The van der Waals surface area contributed by atoms with Gasteiger partial charge in [-0.05, 0) is 48.5 Å². The van der Waals surface area contributed by atoms with Crippen LogP contribution in [0.2, 0.25) is 0 Å². The molecule has 8 heteroatoms. The minimum Gasteiger partial charge on any atom is -0.435 e. The zero-order valence-corrected chi connectivity index (χ0v) is 13.0. The lowest BCUT2D eigenvalue weighted by atomic mass is 10.1. The molecule has 1 saturated heterocycles. The van der Waals surface area contributed by atoms with Crippen molar-refractivity contribution < 1.29 is 23.1 Å². The van der Waals surface area contributed by atoms with E-state index in [9.17, 15) is 18.4 Å². The summed E-state index contributed by atoms with van der Waals surface area (Å²) in [5.74, 6) is -0.332. The molecule has 3 rings (SSSR count). The number of hydrogen-bond donors (Lipinski definition) is 2. The van der Waals surface area contributed by atoms with Gasteiger partial charge in [0.15, 0.2) is 0 Å². The quantitative estimate of drug-likeness (QED) is 0.873. The fourth-order valence-electron chi connectivity index (χ4n) is 2.43. The number of ether oxygens (including phenoxy) is 1. The zero-order valence-electron chi connectivity index (χ0n) is 13.0. The fraction of sp³-hybridized carbons (Fsp3) is 0.176. The molecule has 2 aromatic carbocycles. The standard InChI is InChI=1S/C17H15F2N3O3/c18-16(19)25-14-7-3-12(4-8-14)21-15(23)11-1-5-13(6-2-11)22-10-9-20-17(22)24/h1-8,16H,9-10H2,(H,20,24)(H,21,23). The number of urea groups is 1. The molecule has 0 aromatic heterocycles. The van der Waals surface area contributed by atoms with E-state index in [2.05, 4.69) is 15.4 Å². The van der Waals surface area contributed by atoms with Crippen LogP contribution >= 0.6 is 0 Å². The number of alkyl halides is 2. The van der Waals surface area contributed by atoms with E-state index < -0.39 is 6.61 Å². The third kappa shape index (κ3) is 4.03. The number of anilines is 2. The summed E-state index contributed by atoms with van der Waals surface area (Å²) in [4.78, 5) is 25.4. The third-order valence-electron chi connectivity index (χ3n) is 3.64. The van der Waals surface area contributed by atoms with Crippen LogP contribution in [0.1, 0.15) is 10.4 Å². The minimum absolute atomic E-state index is 0.0150. The SMILES string of the molecule is O=C(Nc1ccc(OC(F)F)cc1)c1ccc(N2CCNC2=O)cc1. The molecule has 0 bridgehead atoms. The smallest absolute Gasteiger partial charge is 0.387 e. The minimum atomic E-state index is -2.89. The molecule has 6 nitrogen and oxygen atoms in total. The van der Waals surface area contributed by atoms with Crippen molar-refractivity contribution in [2.24, 2.45) is 0 Å². The molecular weight excluding hydrogens is 332 g/mol. The van der Waals surface area contributed by atoms with E-state index in [0.29, 0.717) is 30.0 Å². The van der Waals surface area contributed by atoms with Crippen LogP contribution in [-0.4, -0.2) is 31.6 Å². The Morgan fingerprint density at radius 3 is 2.36 bits per heavy atom. The first kappa shape index (κ1) is 16.7. The van der Waals surface area contributed by atoms with Gasteiger partial charge in [-0.25, -0.2) is 4.79 Å². The van der Waals surface area contributed by atoms with Gasteiger partial charge in [-0.1, -0.05) is 0 Å². The summed E-state index contributed by atoms with van der Waals surface area (Å²) in [6, 6.07) is 12.1. The maximum absolute atomic E-state index is 12.2. The maximum Gasteiger partial charge on any atom is 0.387 e. The second-order valence-electron chi connectivity index (χ2n) is 5.29. The van der Waals surface area contributed by atoms with Gasteiger partial charge in [-0.2, -0.15) is 8.78 Å². The number of carbonyl (C=O) groups is 2. The summed E-state index contributed by atoms with van der Waals surface area (Å²) in [7, 11) is 0. The molecular formula is C17H15F2N3O3. The Morgan fingerprint density at radius 2 is 1.80 bits per heavy atom. The lowest BCUT2D eigenvalue weighted by Crippen LogP contribution is -2.27. The Kier molecular flexibility index (Phi) is 4.78. The van der Waals surface area contributed by atoms with E-state index in [1.807, 2.05) is 0 Å². The Bertz CT molecular complexity index is 764. The highest BCUT2D eigenvalue weighted by atomic mass is 19.3. The zero-order chi connectivity index (χ0) is 17.8. The van der Waals surface area contributed by atoms with Gasteiger partial charge in [0.05, 0.1) is 0 Å². The summed E-state index contributed by atoms with van der Waals surface area (Å²) in [5.41, 5.74) is 1.57. The molecule has 25 heavy (non-hydrogen) atoms. The van der Waals surface area contributed by atoms with Crippen molar-refractivity contribution in [3.05, 3.63) is 54.1 Å². The Hall–Kier alpha value is -3.16. The molecule has 0 aliphatic carbocycles. The van der Waals surface area contributed by atoms with Gasteiger partial charge in [0.2, 0.25) is 0 Å². The molecule has 0 atom stereocenters. The predicted molar refractivity (Wildman–Crippen MR) is 88.2 cm³/mol. The van der Waals surface area contributed by atoms with E-state index in [4.69, 9.17) is 0 Å². The van der Waals surface area contributed by atoms with Gasteiger partial charge in [0, 0.05) is 30.0 Å². The topological polar surface area (TPSA) is 70.7 Å². The number of rotatable bonds is 5. The number of carbonyl (C=O) groups excluding carboxylic acids is 2. The van der Waals surface area contributed by atoms with Crippen molar-refractivity contribution >= 4 is 23.3 Å². The van der Waals surface area contributed by atoms with Crippen LogP contribution in [0.3, 0.4) is 0 Å². The number of halogens is 2. The van der Waals surface area contributed by atoms with Gasteiger partial charge in [0.1, 0.15) is 5.75 Å². The molecule has 3 amide bonds. The normalized spacial score (nSPS) is 13.7. The first-order valence-corrected chi connectivity index (χ1v) is 7.54. The number of benzene rings is 2. The number of nitrogens with one attached hydrogen (secondary N) is 2. The van der Waals surface area contributed by atoms with Gasteiger partial charge in [-0.3, -0.25) is 9.69 Å². The highest BCUT2D eigenvalue weighted by Gasteiger charge is 2.21. The van der Waals surface area contributed by atoms with Gasteiger partial charge in [0.25, 0.3) is 5.91 Å². The lowest BCUT2D eigenvalue weighted by molar-refractivity contribution is -0.0498. The van der Waals surface area contributed by atoms with Crippen LogP contribution in [0.15, 0.2) is 48.5 Å². The molecule has 1 heterocycles. The predicted octanol–water partition coefficient (Wildman–Crippen LogP) is 3.07. The molecule has 0 saturated carbocycles. The highest BCUT2D eigenvalue weighted by Crippen LogP contribution is 2.20. The molecule has 0 spiro atoms. The van der Waals surface area contributed by atoms with Crippen molar-refractivity contribution in [1.29, 1.82) is 0 Å². The molecule has 0 radical (unpaired) electrons. The van der Waals surface area contributed by atoms with Crippen LogP contribution in [0, 0.1) is 0 Å². The van der Waals surface area contributed by atoms with E-state index in [-0.39, 0.29) is 17.7 Å². The van der Waals surface area contributed by atoms with Crippen molar-refractivity contribution in [3.8, 4) is 5.75 Å². The van der Waals surface area contributed by atoms with Crippen molar-refractivity contribution in [1.82, 2.24) is 5.32 Å². The number of nitrogens with zero attached hydrogens (tertiary/aromatic N) is 1. The number of amides is 3. The Balaban J connectivity index is 1.64.